The molecule has 3 atom stereocenters. The Labute approximate surface area is 81.5 Å². The van der Waals surface area contributed by atoms with Gasteiger partial charge >= 0.3 is 0 Å². The number of piperidine rings is 1. The monoisotopic (exact) mass is 182 g/mol. The predicted octanol–water partition coefficient (Wildman–Crippen LogP) is 1.37. The van der Waals surface area contributed by atoms with E-state index in [1.807, 2.05) is 0 Å². The Balaban J connectivity index is 1.72. The molecule has 1 saturated carbocycles. The second-order valence-electron chi connectivity index (χ2n) is 5.29. The van der Waals surface area contributed by atoms with Crippen molar-refractivity contribution < 1.29 is 0 Å². The quantitative estimate of drug-likeness (QED) is 0.689. The first-order chi connectivity index (χ1) is 6.20. The summed E-state index contributed by atoms with van der Waals surface area (Å²) in [4.78, 5) is 0. The van der Waals surface area contributed by atoms with Crippen molar-refractivity contribution in [2.45, 2.75) is 39.2 Å². The van der Waals surface area contributed by atoms with Gasteiger partial charge in [-0.05, 0) is 37.1 Å². The van der Waals surface area contributed by atoms with Gasteiger partial charge in [0.2, 0.25) is 0 Å². The highest BCUT2D eigenvalue weighted by Gasteiger charge is 2.35. The summed E-state index contributed by atoms with van der Waals surface area (Å²) in [5.41, 5.74) is 0.514. The Morgan fingerprint density at radius 1 is 1.54 bits per heavy atom. The fourth-order valence-electron chi connectivity index (χ4n) is 2.25. The highest BCUT2D eigenvalue weighted by Crippen LogP contribution is 2.31. The van der Waals surface area contributed by atoms with Crippen molar-refractivity contribution in [3.8, 4) is 0 Å². The van der Waals surface area contributed by atoms with Crippen LogP contribution < -0.4 is 10.6 Å². The fraction of sp³-hybridized carbons (Fsp3) is 1.00. The molecule has 0 aromatic rings. The molecule has 0 spiro atoms. The molecule has 1 saturated heterocycles. The molecule has 2 fully saturated rings. The van der Waals surface area contributed by atoms with Crippen LogP contribution >= 0.6 is 0 Å². The summed E-state index contributed by atoms with van der Waals surface area (Å²) in [6.07, 6.45) is 4.12. The van der Waals surface area contributed by atoms with Gasteiger partial charge in [-0.3, -0.25) is 0 Å². The lowest BCUT2D eigenvalue weighted by Gasteiger charge is -2.34. The molecular formula is C11H22N2. The molecule has 0 aromatic carbocycles. The van der Waals surface area contributed by atoms with Crippen molar-refractivity contribution in [3.63, 3.8) is 0 Å². The number of rotatable bonds is 3. The van der Waals surface area contributed by atoms with Crippen molar-refractivity contribution >= 4 is 0 Å². The molecule has 13 heavy (non-hydrogen) atoms. The van der Waals surface area contributed by atoms with E-state index in [0.29, 0.717) is 5.41 Å². The van der Waals surface area contributed by atoms with Crippen LogP contribution in [-0.2, 0) is 0 Å². The van der Waals surface area contributed by atoms with Crippen LogP contribution in [0.4, 0.5) is 0 Å². The second kappa shape index (κ2) is 3.58. The Hall–Kier alpha value is -0.0800. The molecule has 2 aliphatic rings. The molecule has 1 aliphatic heterocycles. The van der Waals surface area contributed by atoms with Gasteiger partial charge in [-0.25, -0.2) is 0 Å². The van der Waals surface area contributed by atoms with Gasteiger partial charge in [-0.2, -0.15) is 0 Å². The molecule has 76 valence electrons. The molecule has 2 heteroatoms. The minimum atomic E-state index is 0.514. The van der Waals surface area contributed by atoms with Crippen LogP contribution in [0.5, 0.6) is 0 Å². The molecule has 0 aromatic heterocycles. The van der Waals surface area contributed by atoms with Crippen molar-refractivity contribution in [2.24, 2.45) is 11.3 Å². The van der Waals surface area contributed by atoms with Gasteiger partial charge in [-0.1, -0.05) is 13.8 Å². The Kier molecular flexibility index (Phi) is 2.61. The zero-order valence-electron chi connectivity index (χ0n) is 8.90. The predicted molar refractivity (Wildman–Crippen MR) is 55.8 cm³/mol. The molecular weight excluding hydrogens is 160 g/mol. The summed E-state index contributed by atoms with van der Waals surface area (Å²) in [5.74, 6) is 0.931. The summed E-state index contributed by atoms with van der Waals surface area (Å²) in [7, 11) is 0. The topological polar surface area (TPSA) is 24.1 Å². The SMILES string of the molecule is CC1CC1NCC1(C)CCCNC1. The van der Waals surface area contributed by atoms with Gasteiger partial charge in [0, 0.05) is 19.1 Å². The van der Waals surface area contributed by atoms with Gasteiger partial charge in [0.25, 0.3) is 0 Å². The zero-order valence-corrected chi connectivity index (χ0v) is 8.90. The maximum absolute atomic E-state index is 3.68. The smallest absolute Gasteiger partial charge is 0.00966 e. The van der Waals surface area contributed by atoms with E-state index in [2.05, 4.69) is 24.5 Å². The third-order valence-electron chi connectivity index (χ3n) is 3.59. The van der Waals surface area contributed by atoms with Crippen LogP contribution in [0.1, 0.15) is 33.1 Å². The Morgan fingerprint density at radius 3 is 2.85 bits per heavy atom. The van der Waals surface area contributed by atoms with E-state index in [0.717, 1.165) is 12.0 Å². The van der Waals surface area contributed by atoms with Crippen molar-refractivity contribution in [1.82, 2.24) is 10.6 Å². The maximum atomic E-state index is 3.68. The van der Waals surface area contributed by atoms with Crippen molar-refractivity contribution in [2.75, 3.05) is 19.6 Å². The van der Waals surface area contributed by atoms with E-state index in [9.17, 15) is 0 Å². The molecule has 2 N–H and O–H groups in total. The van der Waals surface area contributed by atoms with Gasteiger partial charge in [0.05, 0.1) is 0 Å². The largest absolute Gasteiger partial charge is 0.316 e. The third kappa shape index (κ3) is 2.44. The lowest BCUT2D eigenvalue weighted by molar-refractivity contribution is 0.225. The third-order valence-corrected chi connectivity index (χ3v) is 3.59. The van der Waals surface area contributed by atoms with Crippen LogP contribution in [0.2, 0.25) is 0 Å². The first-order valence-electron chi connectivity index (χ1n) is 5.64. The minimum Gasteiger partial charge on any atom is -0.316 e. The van der Waals surface area contributed by atoms with Gasteiger partial charge in [0.1, 0.15) is 0 Å². The first kappa shape index (κ1) is 9.47. The van der Waals surface area contributed by atoms with Crippen molar-refractivity contribution in [1.29, 1.82) is 0 Å². The molecule has 0 radical (unpaired) electrons. The molecule has 1 aliphatic carbocycles. The zero-order chi connectivity index (χ0) is 9.31. The molecule has 0 amide bonds. The molecule has 2 nitrogen and oxygen atoms in total. The van der Waals surface area contributed by atoms with E-state index in [1.165, 1.54) is 38.9 Å². The normalized spacial score (nSPS) is 44.8. The van der Waals surface area contributed by atoms with Crippen LogP contribution in [0.3, 0.4) is 0 Å². The van der Waals surface area contributed by atoms with E-state index >= 15 is 0 Å². The van der Waals surface area contributed by atoms with E-state index in [1.54, 1.807) is 0 Å². The molecule has 2 rings (SSSR count). The molecule has 0 bridgehead atoms. The standard InChI is InChI=1S/C11H22N2/c1-9-6-10(9)13-8-11(2)4-3-5-12-7-11/h9-10,12-13H,3-8H2,1-2H3. The molecule has 1 heterocycles. The van der Waals surface area contributed by atoms with E-state index in [4.69, 9.17) is 0 Å². The van der Waals surface area contributed by atoms with Gasteiger partial charge in [-0.15, -0.1) is 0 Å². The summed E-state index contributed by atoms with van der Waals surface area (Å²) in [6, 6.07) is 0.832. The average molecular weight is 182 g/mol. The maximum Gasteiger partial charge on any atom is 0.00966 e. The van der Waals surface area contributed by atoms with E-state index in [-0.39, 0.29) is 0 Å². The van der Waals surface area contributed by atoms with Crippen LogP contribution in [-0.4, -0.2) is 25.7 Å². The number of hydrogen-bond donors (Lipinski definition) is 2. The van der Waals surface area contributed by atoms with Gasteiger partial charge < -0.3 is 10.6 Å². The first-order valence-corrected chi connectivity index (χ1v) is 5.64. The molecule has 3 unspecified atom stereocenters. The van der Waals surface area contributed by atoms with Crippen LogP contribution in [0.15, 0.2) is 0 Å². The lowest BCUT2D eigenvalue weighted by Crippen LogP contribution is -2.44. The van der Waals surface area contributed by atoms with Crippen LogP contribution in [0.25, 0.3) is 0 Å². The Morgan fingerprint density at radius 2 is 2.31 bits per heavy atom. The Bertz CT molecular complexity index is 173. The summed E-state index contributed by atoms with van der Waals surface area (Å²) in [6.45, 7) is 8.35. The summed E-state index contributed by atoms with van der Waals surface area (Å²) < 4.78 is 0. The lowest BCUT2D eigenvalue weighted by atomic mass is 9.83. The summed E-state index contributed by atoms with van der Waals surface area (Å²) in [5, 5.41) is 7.17. The number of hydrogen-bond acceptors (Lipinski definition) is 2. The second-order valence-corrected chi connectivity index (χ2v) is 5.29. The minimum absolute atomic E-state index is 0.514. The van der Waals surface area contributed by atoms with Crippen LogP contribution in [0, 0.1) is 11.3 Å². The van der Waals surface area contributed by atoms with E-state index < -0.39 is 0 Å². The average Bonchev–Trinajstić information content (AvgIpc) is 2.80. The summed E-state index contributed by atoms with van der Waals surface area (Å²) >= 11 is 0. The number of nitrogens with one attached hydrogen (secondary N) is 2. The van der Waals surface area contributed by atoms with Gasteiger partial charge in [0.15, 0.2) is 0 Å². The fourth-order valence-corrected chi connectivity index (χ4v) is 2.25. The highest BCUT2D eigenvalue weighted by atomic mass is 15.0. The van der Waals surface area contributed by atoms with Crippen molar-refractivity contribution in [3.05, 3.63) is 0 Å². The highest BCUT2D eigenvalue weighted by molar-refractivity contribution is 4.92.